The van der Waals surface area contributed by atoms with Gasteiger partial charge in [0, 0.05) is 26.4 Å². The van der Waals surface area contributed by atoms with Crippen molar-refractivity contribution in [3.05, 3.63) is 35.9 Å². The van der Waals surface area contributed by atoms with E-state index in [2.05, 4.69) is 24.6 Å². The van der Waals surface area contributed by atoms with Gasteiger partial charge in [0.25, 0.3) is 0 Å². The third-order valence-electron chi connectivity index (χ3n) is 3.55. The fourth-order valence-corrected chi connectivity index (χ4v) is 2.85. The van der Waals surface area contributed by atoms with Gasteiger partial charge in [0.1, 0.15) is 26.2 Å². The Kier molecular flexibility index (Phi) is 5.78. The van der Waals surface area contributed by atoms with Crippen LogP contribution in [0.25, 0.3) is 11.4 Å². The Hall–Kier alpha value is -1.61. The summed E-state index contributed by atoms with van der Waals surface area (Å²) < 4.78 is 59.3. The molecule has 0 aliphatic rings. The van der Waals surface area contributed by atoms with E-state index in [1.165, 1.54) is 16.7 Å². The molecular formula is C16H19BF4N2OSi. The van der Waals surface area contributed by atoms with Crippen LogP contribution < -0.4 is 5.46 Å². The van der Waals surface area contributed by atoms with Crippen molar-refractivity contribution in [3.63, 3.8) is 0 Å². The minimum atomic E-state index is -4.59. The zero-order valence-corrected chi connectivity index (χ0v) is 15.3. The lowest BCUT2D eigenvalue weighted by atomic mass is 9.94. The van der Waals surface area contributed by atoms with Gasteiger partial charge in [0.05, 0.1) is 0 Å². The molecule has 134 valence electrons. The fourth-order valence-electron chi connectivity index (χ4n) is 2.09. The molecule has 1 aromatic heterocycles. The summed E-state index contributed by atoms with van der Waals surface area (Å²) >= 11 is 0. The molecule has 0 atom stereocenters. The minimum Gasteiger partial charge on any atom is -0.361 e. The van der Waals surface area contributed by atoms with Crippen LogP contribution in [0, 0.1) is 5.82 Å². The summed E-state index contributed by atoms with van der Waals surface area (Å²) in [5.74, 6) is -0.723. The molecule has 0 unspecified atom stereocenters. The van der Waals surface area contributed by atoms with Crippen molar-refractivity contribution in [2.24, 2.45) is 0 Å². The van der Waals surface area contributed by atoms with Gasteiger partial charge in [0.2, 0.25) is 0 Å². The Morgan fingerprint density at radius 1 is 1.24 bits per heavy atom. The van der Waals surface area contributed by atoms with Crippen LogP contribution in [-0.2, 0) is 17.6 Å². The van der Waals surface area contributed by atoms with Crippen LogP contribution in [0.1, 0.15) is 5.69 Å². The summed E-state index contributed by atoms with van der Waals surface area (Å²) in [5, 5.41) is 0. The number of nitrogens with zero attached hydrogens (tertiary/aromatic N) is 2. The predicted octanol–water partition coefficient (Wildman–Crippen LogP) is 3.81. The number of alkyl halides is 3. The molecule has 0 spiro atoms. The molecule has 0 saturated carbocycles. The SMILES string of the molecule is [B]c1ccc(-c2nc(C(F)(F)F)cn2COCC[Si](C)(C)C)cc1F. The third-order valence-corrected chi connectivity index (χ3v) is 5.26. The lowest BCUT2D eigenvalue weighted by molar-refractivity contribution is -0.141. The van der Waals surface area contributed by atoms with Crippen molar-refractivity contribution in [2.75, 3.05) is 6.61 Å². The van der Waals surface area contributed by atoms with Crippen molar-refractivity contribution in [1.82, 2.24) is 9.55 Å². The molecule has 0 aliphatic carbocycles. The van der Waals surface area contributed by atoms with Crippen LogP contribution in [-0.4, -0.2) is 32.1 Å². The van der Waals surface area contributed by atoms with E-state index in [-0.39, 0.29) is 23.6 Å². The van der Waals surface area contributed by atoms with Crippen molar-refractivity contribution in [1.29, 1.82) is 0 Å². The molecule has 1 aromatic carbocycles. The molecule has 2 rings (SSSR count). The van der Waals surface area contributed by atoms with Crippen LogP contribution in [0.5, 0.6) is 0 Å². The average molecular weight is 370 g/mol. The van der Waals surface area contributed by atoms with E-state index in [9.17, 15) is 17.6 Å². The van der Waals surface area contributed by atoms with Gasteiger partial charge in [-0.3, -0.25) is 0 Å². The van der Waals surface area contributed by atoms with E-state index in [4.69, 9.17) is 12.6 Å². The van der Waals surface area contributed by atoms with Crippen molar-refractivity contribution in [3.8, 4) is 11.4 Å². The molecule has 0 saturated heterocycles. The Balaban J connectivity index is 2.27. The first kappa shape index (κ1) is 19.7. The lowest BCUT2D eigenvalue weighted by Gasteiger charge is -2.16. The molecule has 9 heteroatoms. The van der Waals surface area contributed by atoms with Crippen LogP contribution in [0.4, 0.5) is 17.6 Å². The molecule has 3 nitrogen and oxygen atoms in total. The van der Waals surface area contributed by atoms with E-state index in [0.717, 1.165) is 18.3 Å². The van der Waals surface area contributed by atoms with Gasteiger partial charge in [-0.25, -0.2) is 9.37 Å². The van der Waals surface area contributed by atoms with Gasteiger partial charge in [-0.2, -0.15) is 13.2 Å². The van der Waals surface area contributed by atoms with Gasteiger partial charge >= 0.3 is 6.18 Å². The highest BCUT2D eigenvalue weighted by molar-refractivity contribution is 6.76. The maximum Gasteiger partial charge on any atom is 0.434 e. The molecule has 0 N–H and O–H groups in total. The van der Waals surface area contributed by atoms with E-state index in [1.807, 2.05) is 0 Å². The Bertz CT molecular complexity index is 741. The highest BCUT2D eigenvalue weighted by atomic mass is 28.3. The van der Waals surface area contributed by atoms with Crippen LogP contribution >= 0.6 is 0 Å². The number of halogens is 4. The zero-order chi connectivity index (χ0) is 18.8. The Labute approximate surface area is 146 Å². The van der Waals surface area contributed by atoms with E-state index >= 15 is 0 Å². The molecule has 0 bridgehead atoms. The fraction of sp³-hybridized carbons (Fsp3) is 0.438. The van der Waals surface area contributed by atoms with Gasteiger partial charge in [-0.1, -0.05) is 37.2 Å². The van der Waals surface area contributed by atoms with Crippen molar-refractivity contribution < 1.29 is 22.3 Å². The van der Waals surface area contributed by atoms with Crippen molar-refractivity contribution >= 4 is 21.4 Å². The Morgan fingerprint density at radius 3 is 2.48 bits per heavy atom. The average Bonchev–Trinajstić information content (AvgIpc) is 2.90. The van der Waals surface area contributed by atoms with Crippen LogP contribution in [0.15, 0.2) is 24.4 Å². The van der Waals surface area contributed by atoms with E-state index in [0.29, 0.717) is 6.61 Å². The van der Waals surface area contributed by atoms with E-state index < -0.39 is 25.8 Å². The molecule has 0 fully saturated rings. The third kappa shape index (κ3) is 5.43. The standard InChI is InChI=1S/C16H19BF4N2OSi/c1-25(2,3)7-6-24-10-23-9-14(16(19,20)21)22-15(23)11-4-5-12(17)13(18)8-11/h4-5,8-9H,6-7,10H2,1-3H3. The lowest BCUT2D eigenvalue weighted by Crippen LogP contribution is -2.22. The molecule has 25 heavy (non-hydrogen) atoms. The number of aromatic nitrogens is 2. The summed E-state index contributed by atoms with van der Waals surface area (Å²) in [7, 11) is 4.11. The zero-order valence-electron chi connectivity index (χ0n) is 14.3. The number of imidazole rings is 1. The molecule has 0 amide bonds. The monoisotopic (exact) mass is 370 g/mol. The highest BCUT2D eigenvalue weighted by Crippen LogP contribution is 2.31. The first-order valence-corrected chi connectivity index (χ1v) is 11.5. The molecule has 0 aliphatic heterocycles. The topological polar surface area (TPSA) is 27.1 Å². The van der Waals surface area contributed by atoms with Gasteiger partial charge in [-0.05, 0) is 12.1 Å². The molecular weight excluding hydrogens is 351 g/mol. The summed E-state index contributed by atoms with van der Waals surface area (Å²) in [5.41, 5.74) is -0.922. The van der Waals surface area contributed by atoms with Crippen LogP contribution in [0.3, 0.4) is 0 Å². The largest absolute Gasteiger partial charge is 0.434 e. The summed E-state index contributed by atoms with van der Waals surface area (Å²) in [6.45, 7) is 6.90. The number of hydrogen-bond acceptors (Lipinski definition) is 2. The van der Waals surface area contributed by atoms with Gasteiger partial charge in [0.15, 0.2) is 5.69 Å². The number of benzene rings is 1. The number of hydrogen-bond donors (Lipinski definition) is 0. The molecule has 1 heterocycles. The maximum atomic E-state index is 13.7. The van der Waals surface area contributed by atoms with E-state index in [1.54, 1.807) is 0 Å². The summed E-state index contributed by atoms with van der Waals surface area (Å²) in [4.78, 5) is 3.61. The second-order valence-corrected chi connectivity index (χ2v) is 12.6. The quantitative estimate of drug-likeness (QED) is 0.439. The van der Waals surface area contributed by atoms with Crippen LogP contribution in [0.2, 0.25) is 25.7 Å². The normalized spacial score (nSPS) is 12.6. The van der Waals surface area contributed by atoms with Crippen molar-refractivity contribution in [2.45, 2.75) is 38.6 Å². The molecule has 2 aromatic rings. The predicted molar refractivity (Wildman–Crippen MR) is 92.1 cm³/mol. The van der Waals surface area contributed by atoms with Gasteiger partial charge in [-0.15, -0.1) is 0 Å². The first-order valence-electron chi connectivity index (χ1n) is 7.75. The first-order chi connectivity index (χ1) is 11.5. The molecule has 2 radical (unpaired) electrons. The number of ether oxygens (including phenoxy) is 1. The summed E-state index contributed by atoms with van der Waals surface area (Å²) in [6, 6.07) is 4.68. The second-order valence-electron chi connectivity index (χ2n) is 7.00. The second kappa shape index (κ2) is 7.33. The smallest absolute Gasteiger partial charge is 0.361 e. The number of rotatable bonds is 6. The maximum absolute atomic E-state index is 13.7. The Morgan fingerprint density at radius 2 is 1.92 bits per heavy atom. The minimum absolute atomic E-state index is 0.0146. The van der Waals surface area contributed by atoms with Gasteiger partial charge < -0.3 is 9.30 Å². The highest BCUT2D eigenvalue weighted by Gasteiger charge is 2.35. The summed E-state index contributed by atoms with van der Waals surface area (Å²) in [6.07, 6.45) is -3.72.